The predicted octanol–water partition coefficient (Wildman–Crippen LogP) is 1.17. The number of aromatic nitrogens is 1. The minimum Gasteiger partial charge on any atom is -0.490 e. The molecule has 1 unspecified atom stereocenters. The first-order valence-corrected chi connectivity index (χ1v) is 11.2. The Balaban J connectivity index is 1.66. The number of morpholine rings is 1. The van der Waals surface area contributed by atoms with Crippen LogP contribution in [0, 0.1) is 22.8 Å². The second kappa shape index (κ2) is 10.8. The van der Waals surface area contributed by atoms with Crippen LogP contribution in [0.15, 0.2) is 23.2 Å². The smallest absolute Gasteiger partial charge is 0.211 e. The second-order valence-corrected chi connectivity index (χ2v) is 7.84. The third kappa shape index (κ3) is 5.14. The Morgan fingerprint density at radius 1 is 1.23 bits per heavy atom. The summed E-state index contributed by atoms with van der Waals surface area (Å²) in [4.78, 5) is 11.2. The highest BCUT2D eigenvalue weighted by atomic mass is 16.5. The molecular formula is C23H27N9O3. The molecule has 2 aromatic rings. The second-order valence-electron chi connectivity index (χ2n) is 7.84. The molecule has 12 heteroatoms. The van der Waals surface area contributed by atoms with Gasteiger partial charge in [-0.2, -0.15) is 10.5 Å². The van der Waals surface area contributed by atoms with Gasteiger partial charge in [-0.05, 0) is 24.6 Å². The molecule has 2 aliphatic rings. The zero-order chi connectivity index (χ0) is 24.8. The highest BCUT2D eigenvalue weighted by molar-refractivity contribution is 5.98. The van der Waals surface area contributed by atoms with Crippen molar-refractivity contribution in [3.8, 4) is 23.8 Å². The van der Waals surface area contributed by atoms with Crippen LogP contribution in [0.25, 0.3) is 0 Å². The zero-order valence-corrected chi connectivity index (χ0v) is 19.4. The van der Waals surface area contributed by atoms with Crippen molar-refractivity contribution in [3.63, 3.8) is 0 Å². The van der Waals surface area contributed by atoms with Gasteiger partial charge in [-0.1, -0.05) is 6.07 Å². The number of rotatable bonds is 7. The molecule has 1 fully saturated rings. The fourth-order valence-electron chi connectivity index (χ4n) is 4.01. The highest BCUT2D eigenvalue weighted by Gasteiger charge is 2.30. The molecule has 35 heavy (non-hydrogen) atoms. The zero-order valence-electron chi connectivity index (χ0n) is 19.4. The van der Waals surface area contributed by atoms with E-state index in [0.29, 0.717) is 36.1 Å². The van der Waals surface area contributed by atoms with E-state index in [4.69, 9.17) is 30.9 Å². The summed E-state index contributed by atoms with van der Waals surface area (Å²) in [6, 6.07) is 6.83. The summed E-state index contributed by atoms with van der Waals surface area (Å²) in [7, 11) is 0. The van der Waals surface area contributed by atoms with Crippen molar-refractivity contribution in [1.29, 1.82) is 10.5 Å². The number of hydrogen-bond acceptors (Lipinski definition) is 12. The number of pyridine rings is 1. The van der Waals surface area contributed by atoms with Gasteiger partial charge in [0.2, 0.25) is 5.96 Å². The number of ether oxygens (including phenoxy) is 3. The van der Waals surface area contributed by atoms with Gasteiger partial charge in [0.25, 0.3) is 0 Å². The average Bonchev–Trinajstić information content (AvgIpc) is 2.85. The number of nitrogens with one attached hydrogen (secondary N) is 2. The summed E-state index contributed by atoms with van der Waals surface area (Å²) in [6.45, 7) is 6.86. The molecule has 3 heterocycles. The van der Waals surface area contributed by atoms with Gasteiger partial charge < -0.3 is 31.0 Å². The van der Waals surface area contributed by atoms with Crippen LogP contribution in [0.5, 0.6) is 11.5 Å². The van der Waals surface area contributed by atoms with Gasteiger partial charge in [-0.25, -0.2) is 9.98 Å². The number of guanidine groups is 1. The summed E-state index contributed by atoms with van der Waals surface area (Å²) in [6.07, 6.45) is 1.84. The normalized spacial score (nSPS) is 17.2. The van der Waals surface area contributed by atoms with E-state index in [2.05, 4.69) is 25.5 Å². The van der Waals surface area contributed by atoms with Crippen LogP contribution < -0.4 is 31.6 Å². The Kier molecular flexibility index (Phi) is 7.35. The lowest BCUT2D eigenvalue weighted by Crippen LogP contribution is -2.38. The van der Waals surface area contributed by atoms with Gasteiger partial charge in [0.1, 0.15) is 35.9 Å². The van der Waals surface area contributed by atoms with E-state index in [1.165, 1.54) is 0 Å². The monoisotopic (exact) mass is 477 g/mol. The van der Waals surface area contributed by atoms with E-state index in [-0.39, 0.29) is 23.0 Å². The molecule has 182 valence electrons. The lowest BCUT2D eigenvalue weighted by Gasteiger charge is -2.27. The van der Waals surface area contributed by atoms with E-state index >= 15 is 0 Å². The number of nitrogen functional groups attached to an aromatic ring is 2. The average molecular weight is 478 g/mol. The van der Waals surface area contributed by atoms with Gasteiger partial charge in [-0.15, -0.1) is 0 Å². The first-order chi connectivity index (χ1) is 17.0. The van der Waals surface area contributed by atoms with E-state index in [0.717, 1.165) is 38.4 Å². The molecule has 1 atom stereocenters. The molecule has 0 saturated carbocycles. The first kappa shape index (κ1) is 23.9. The molecule has 12 nitrogen and oxygen atoms in total. The molecule has 0 radical (unpaired) electrons. The summed E-state index contributed by atoms with van der Waals surface area (Å²) < 4.78 is 17.3. The number of nitriles is 2. The Morgan fingerprint density at radius 2 is 2.03 bits per heavy atom. The van der Waals surface area contributed by atoms with Gasteiger partial charge in [0.15, 0.2) is 17.7 Å². The number of hydrogen-bond donors (Lipinski definition) is 4. The lowest BCUT2D eigenvalue weighted by atomic mass is 9.95. The fourth-order valence-corrected chi connectivity index (χ4v) is 4.01. The molecule has 4 rings (SSSR count). The summed E-state index contributed by atoms with van der Waals surface area (Å²) >= 11 is 0. The predicted molar refractivity (Wildman–Crippen MR) is 130 cm³/mol. The molecular weight excluding hydrogens is 450 g/mol. The van der Waals surface area contributed by atoms with E-state index in [1.807, 2.05) is 37.4 Å². The van der Waals surface area contributed by atoms with E-state index in [9.17, 15) is 5.26 Å². The van der Waals surface area contributed by atoms with Crippen molar-refractivity contribution in [2.24, 2.45) is 4.99 Å². The number of nitrogens with two attached hydrogens (primary N) is 2. The van der Waals surface area contributed by atoms with Gasteiger partial charge >= 0.3 is 0 Å². The molecule has 0 spiro atoms. The quantitative estimate of drug-likeness (QED) is 0.332. The minimum atomic E-state index is -0.663. The van der Waals surface area contributed by atoms with Gasteiger partial charge in [0, 0.05) is 25.2 Å². The SMILES string of the molecule is CCOc1cc(C2N=C(NC#N)Nc3nc(N)c(C#N)c(N)c32)ccc1OCCN1CCOCC1. The van der Waals surface area contributed by atoms with Gasteiger partial charge in [0.05, 0.1) is 25.5 Å². The van der Waals surface area contributed by atoms with Crippen LogP contribution in [0.4, 0.5) is 17.3 Å². The number of fused-ring (bicyclic) bond motifs is 1. The van der Waals surface area contributed by atoms with Crippen LogP contribution >= 0.6 is 0 Å². The van der Waals surface area contributed by atoms with Crippen molar-refractivity contribution in [3.05, 3.63) is 34.9 Å². The summed E-state index contributed by atoms with van der Waals surface area (Å²) in [5, 5.41) is 24.0. The van der Waals surface area contributed by atoms with Crippen LogP contribution in [0.1, 0.15) is 29.7 Å². The maximum absolute atomic E-state index is 9.51. The molecule has 1 aromatic carbocycles. The maximum atomic E-state index is 9.51. The fraction of sp³-hybridized carbons (Fsp3) is 0.391. The summed E-state index contributed by atoms with van der Waals surface area (Å²) in [5.74, 6) is 1.66. The number of benzene rings is 1. The molecule has 0 bridgehead atoms. The molecule has 1 aromatic heterocycles. The Morgan fingerprint density at radius 3 is 2.74 bits per heavy atom. The van der Waals surface area contributed by atoms with E-state index < -0.39 is 6.04 Å². The largest absolute Gasteiger partial charge is 0.490 e. The standard InChI is InChI=1S/C23H27N9O3/c1-2-34-17-11-14(3-4-16(17)35-10-7-32-5-8-33-9-6-32)20-18-19(26)15(12-24)21(27)30-22(18)31-23(29-20)28-13-25/h3-4,11,20H,2,5-10H2,1H3,(H6,26,27,28,29,30,31). The van der Waals surface area contributed by atoms with Crippen molar-refractivity contribution in [1.82, 2.24) is 15.2 Å². The molecule has 1 saturated heterocycles. The van der Waals surface area contributed by atoms with Crippen LogP contribution in [-0.4, -0.2) is 61.9 Å². The molecule has 0 aliphatic carbocycles. The minimum absolute atomic E-state index is 0.00720. The topological polar surface area (TPSA) is 180 Å². The number of nitrogens with zero attached hydrogens (tertiary/aromatic N) is 5. The van der Waals surface area contributed by atoms with Crippen molar-refractivity contribution >= 4 is 23.3 Å². The molecule has 6 N–H and O–H groups in total. The van der Waals surface area contributed by atoms with Crippen molar-refractivity contribution in [2.75, 3.05) is 62.8 Å². The van der Waals surface area contributed by atoms with Crippen LogP contribution in [0.2, 0.25) is 0 Å². The maximum Gasteiger partial charge on any atom is 0.211 e. The van der Waals surface area contributed by atoms with E-state index in [1.54, 1.807) is 0 Å². The third-order valence-corrected chi connectivity index (χ3v) is 5.71. The van der Waals surface area contributed by atoms with Crippen LogP contribution in [-0.2, 0) is 4.74 Å². The van der Waals surface area contributed by atoms with Crippen LogP contribution in [0.3, 0.4) is 0 Å². The van der Waals surface area contributed by atoms with Crippen molar-refractivity contribution in [2.45, 2.75) is 13.0 Å². The Bertz CT molecular complexity index is 1200. The Hall–Kier alpha value is -4.26. The van der Waals surface area contributed by atoms with Gasteiger partial charge in [-0.3, -0.25) is 10.2 Å². The lowest BCUT2D eigenvalue weighted by molar-refractivity contribution is 0.0321. The first-order valence-electron chi connectivity index (χ1n) is 11.2. The number of aliphatic imine (C=N–C) groups is 1. The molecule has 2 aliphatic heterocycles. The Labute approximate surface area is 203 Å². The van der Waals surface area contributed by atoms with Crippen molar-refractivity contribution < 1.29 is 14.2 Å². The summed E-state index contributed by atoms with van der Waals surface area (Å²) in [5.41, 5.74) is 13.7. The highest BCUT2D eigenvalue weighted by Crippen LogP contribution is 2.42. The number of anilines is 3. The third-order valence-electron chi connectivity index (χ3n) is 5.71. The molecule has 0 amide bonds.